The van der Waals surface area contributed by atoms with Gasteiger partial charge in [-0.2, -0.15) is 0 Å². The minimum Gasteiger partial charge on any atom is -0.342 e. The first-order chi connectivity index (χ1) is 14.9. The fraction of sp³-hybridized carbons (Fsp3) is 0.174. The van der Waals surface area contributed by atoms with E-state index in [2.05, 4.69) is 79.0 Å². The third-order valence-corrected chi connectivity index (χ3v) is 6.51. The normalized spacial score (nSPS) is 15.1. The molecule has 0 radical (unpaired) electrons. The number of benzene rings is 1. The molecular formula is C23H24N6S2. The number of rotatable bonds is 7. The largest absolute Gasteiger partial charge is 0.342 e. The van der Waals surface area contributed by atoms with Crippen molar-refractivity contribution in [2.45, 2.75) is 25.1 Å². The minimum absolute atomic E-state index is 0.655. The number of hydrogen-bond donors (Lipinski definition) is 2. The summed E-state index contributed by atoms with van der Waals surface area (Å²) in [4.78, 5) is 6.73. The molecule has 0 bridgehead atoms. The van der Waals surface area contributed by atoms with Gasteiger partial charge in [-0.05, 0) is 61.8 Å². The Balaban J connectivity index is 1.33. The molecule has 0 saturated heterocycles. The first kappa shape index (κ1) is 21.1. The SMILES string of the molecule is C=C(Nc1cc(C)cc(C)c1)Nc1nnc(SCC2=CC(=C)N3C=C(C)C=CC3=N2)s1. The van der Waals surface area contributed by atoms with Crippen molar-refractivity contribution in [2.75, 3.05) is 16.4 Å². The summed E-state index contributed by atoms with van der Waals surface area (Å²) in [6.07, 6.45) is 8.12. The number of aliphatic imine (C=N–C) groups is 1. The van der Waals surface area contributed by atoms with Crippen molar-refractivity contribution in [3.05, 3.63) is 89.7 Å². The molecule has 0 aliphatic carbocycles. The van der Waals surface area contributed by atoms with Gasteiger partial charge in [0, 0.05) is 23.3 Å². The number of nitrogens with zero attached hydrogens (tertiary/aromatic N) is 4. The predicted octanol–water partition coefficient (Wildman–Crippen LogP) is 5.83. The van der Waals surface area contributed by atoms with E-state index in [1.54, 1.807) is 11.8 Å². The molecule has 4 rings (SSSR count). The Bertz CT molecular complexity index is 1150. The summed E-state index contributed by atoms with van der Waals surface area (Å²) in [5, 5.41) is 15.6. The van der Waals surface area contributed by atoms with Crippen molar-refractivity contribution in [3.63, 3.8) is 0 Å². The second-order valence-electron chi connectivity index (χ2n) is 7.44. The Kier molecular flexibility index (Phi) is 6.11. The molecule has 0 fully saturated rings. The van der Waals surface area contributed by atoms with Gasteiger partial charge < -0.3 is 15.5 Å². The van der Waals surface area contributed by atoms with Crippen LogP contribution in [0.15, 0.2) is 87.9 Å². The number of hydrogen-bond acceptors (Lipinski definition) is 8. The quantitative estimate of drug-likeness (QED) is 0.520. The maximum Gasteiger partial charge on any atom is 0.211 e. The maximum absolute atomic E-state index is 4.73. The number of fused-ring (bicyclic) bond motifs is 1. The predicted molar refractivity (Wildman–Crippen MR) is 132 cm³/mol. The van der Waals surface area contributed by atoms with Gasteiger partial charge in [0.15, 0.2) is 4.34 Å². The van der Waals surface area contributed by atoms with Crippen LogP contribution in [0.25, 0.3) is 0 Å². The highest BCUT2D eigenvalue weighted by Gasteiger charge is 2.18. The van der Waals surface area contributed by atoms with Crippen LogP contribution in [0.5, 0.6) is 0 Å². The fourth-order valence-corrected chi connectivity index (χ4v) is 4.94. The summed E-state index contributed by atoms with van der Waals surface area (Å²) >= 11 is 3.09. The number of anilines is 2. The van der Waals surface area contributed by atoms with Crippen LogP contribution in [0.2, 0.25) is 0 Å². The molecule has 0 unspecified atom stereocenters. The monoisotopic (exact) mass is 448 g/mol. The lowest BCUT2D eigenvalue weighted by atomic mass is 10.1. The van der Waals surface area contributed by atoms with Crippen molar-refractivity contribution in [1.82, 2.24) is 15.1 Å². The molecular weight excluding hydrogens is 424 g/mol. The van der Waals surface area contributed by atoms with E-state index >= 15 is 0 Å². The van der Waals surface area contributed by atoms with Crippen molar-refractivity contribution >= 4 is 39.8 Å². The van der Waals surface area contributed by atoms with Crippen LogP contribution < -0.4 is 10.6 Å². The Hall–Kier alpha value is -3.10. The molecule has 8 heteroatoms. The van der Waals surface area contributed by atoms with Gasteiger partial charge in [-0.1, -0.05) is 48.4 Å². The Morgan fingerprint density at radius 1 is 1.10 bits per heavy atom. The van der Waals surface area contributed by atoms with Gasteiger partial charge in [0.25, 0.3) is 0 Å². The summed E-state index contributed by atoms with van der Waals surface area (Å²) in [5.41, 5.74) is 6.45. The molecule has 158 valence electrons. The van der Waals surface area contributed by atoms with Crippen molar-refractivity contribution < 1.29 is 0 Å². The van der Waals surface area contributed by atoms with E-state index in [9.17, 15) is 0 Å². The van der Waals surface area contributed by atoms with Gasteiger partial charge in [-0.3, -0.25) is 0 Å². The van der Waals surface area contributed by atoms with Gasteiger partial charge in [-0.15, -0.1) is 10.2 Å². The first-order valence-electron chi connectivity index (χ1n) is 9.77. The molecule has 0 saturated carbocycles. The third-order valence-electron chi connectivity index (χ3n) is 4.50. The topological polar surface area (TPSA) is 65.4 Å². The number of aromatic nitrogens is 2. The highest BCUT2D eigenvalue weighted by atomic mass is 32.2. The van der Waals surface area contributed by atoms with Crippen LogP contribution in [-0.2, 0) is 0 Å². The standard InChI is InChI=1S/C23H24N6S2/c1-14-6-7-21-26-20(11-17(4)29(21)12-14)13-30-23-28-27-22(31-23)25-18(5)24-19-9-15(2)8-16(3)10-19/h6-12,24H,4-5,13H2,1-3H3,(H,25,27). The van der Waals surface area contributed by atoms with Crippen molar-refractivity contribution in [3.8, 4) is 0 Å². The lowest BCUT2D eigenvalue weighted by Crippen LogP contribution is -2.27. The van der Waals surface area contributed by atoms with Crippen LogP contribution in [0.3, 0.4) is 0 Å². The Labute approximate surface area is 190 Å². The van der Waals surface area contributed by atoms with E-state index in [1.807, 2.05) is 23.3 Å². The average Bonchev–Trinajstić information content (AvgIpc) is 3.13. The minimum atomic E-state index is 0.655. The molecule has 0 spiro atoms. The molecule has 2 aliphatic heterocycles. The summed E-state index contributed by atoms with van der Waals surface area (Å²) in [5.74, 6) is 2.24. The van der Waals surface area contributed by atoms with Crippen molar-refractivity contribution in [2.24, 2.45) is 4.99 Å². The van der Waals surface area contributed by atoms with Crippen LogP contribution in [-0.4, -0.2) is 26.7 Å². The van der Waals surface area contributed by atoms with Crippen LogP contribution in [0, 0.1) is 13.8 Å². The summed E-state index contributed by atoms with van der Waals surface area (Å²) in [6, 6.07) is 6.29. The molecule has 3 heterocycles. The molecule has 2 N–H and O–H groups in total. The summed E-state index contributed by atoms with van der Waals surface area (Å²) in [7, 11) is 0. The smallest absolute Gasteiger partial charge is 0.211 e. The second-order valence-corrected chi connectivity index (χ2v) is 9.64. The van der Waals surface area contributed by atoms with E-state index < -0.39 is 0 Å². The number of allylic oxidation sites excluding steroid dienone is 3. The molecule has 0 atom stereocenters. The van der Waals surface area contributed by atoms with Crippen molar-refractivity contribution in [1.29, 1.82) is 0 Å². The Morgan fingerprint density at radius 2 is 1.87 bits per heavy atom. The van der Waals surface area contributed by atoms with Gasteiger partial charge in [0.2, 0.25) is 5.13 Å². The maximum atomic E-state index is 4.73. The number of thioether (sulfide) groups is 1. The first-order valence-corrected chi connectivity index (χ1v) is 11.6. The van der Waals surface area contributed by atoms with Crippen LogP contribution in [0.4, 0.5) is 10.8 Å². The zero-order chi connectivity index (χ0) is 22.0. The third kappa shape index (κ3) is 5.34. The molecule has 1 aromatic carbocycles. The van der Waals surface area contributed by atoms with E-state index in [0.29, 0.717) is 16.7 Å². The van der Waals surface area contributed by atoms with Gasteiger partial charge in [0.05, 0.1) is 5.70 Å². The van der Waals surface area contributed by atoms with Gasteiger partial charge in [0.1, 0.15) is 11.7 Å². The van der Waals surface area contributed by atoms with E-state index in [4.69, 9.17) is 4.99 Å². The lowest BCUT2D eigenvalue weighted by Gasteiger charge is -2.28. The Morgan fingerprint density at radius 3 is 2.65 bits per heavy atom. The number of nitrogens with one attached hydrogen (secondary N) is 2. The number of aryl methyl sites for hydroxylation is 2. The molecule has 2 aromatic rings. The van der Waals surface area contributed by atoms with E-state index in [-0.39, 0.29) is 0 Å². The molecule has 6 nitrogen and oxygen atoms in total. The number of amidine groups is 1. The second kappa shape index (κ2) is 8.95. The van der Waals surface area contributed by atoms with Gasteiger partial charge >= 0.3 is 0 Å². The summed E-state index contributed by atoms with van der Waals surface area (Å²) < 4.78 is 0.866. The lowest BCUT2D eigenvalue weighted by molar-refractivity contribution is 0.695. The van der Waals surface area contributed by atoms with E-state index in [1.165, 1.54) is 28.0 Å². The van der Waals surface area contributed by atoms with Crippen LogP contribution >= 0.6 is 23.1 Å². The molecule has 0 amide bonds. The van der Waals surface area contributed by atoms with E-state index in [0.717, 1.165) is 27.3 Å². The average molecular weight is 449 g/mol. The highest BCUT2D eigenvalue weighted by Crippen LogP contribution is 2.30. The highest BCUT2D eigenvalue weighted by molar-refractivity contribution is 8.01. The van der Waals surface area contributed by atoms with Crippen LogP contribution in [0.1, 0.15) is 18.1 Å². The summed E-state index contributed by atoms with van der Waals surface area (Å²) in [6.45, 7) is 14.4. The zero-order valence-electron chi connectivity index (χ0n) is 17.8. The molecule has 31 heavy (non-hydrogen) atoms. The molecule has 2 aliphatic rings. The fourth-order valence-electron chi connectivity index (χ4n) is 3.27. The zero-order valence-corrected chi connectivity index (χ0v) is 19.4. The van der Waals surface area contributed by atoms with Gasteiger partial charge in [-0.25, -0.2) is 4.99 Å². The molecule has 1 aromatic heterocycles.